The van der Waals surface area contributed by atoms with Gasteiger partial charge in [0.1, 0.15) is 17.2 Å². The van der Waals surface area contributed by atoms with E-state index in [9.17, 15) is 13.2 Å². The number of hydrogen-bond acceptors (Lipinski definition) is 3. The molecule has 0 spiro atoms. The van der Waals surface area contributed by atoms with Crippen LogP contribution in [-0.2, 0) is 6.18 Å². The van der Waals surface area contributed by atoms with E-state index in [1.54, 1.807) is 24.3 Å². The predicted octanol–water partition coefficient (Wildman–Crippen LogP) is 3.47. The summed E-state index contributed by atoms with van der Waals surface area (Å²) < 4.78 is 42.2. The Bertz CT molecular complexity index is 538. The standard InChI is InChI=1S/C12H9F3N2O/c13-12(14,15)11-5-4-10(7-17-11)18-9-3-1-2-8(16)6-9/h1-7H,16H2. The lowest BCUT2D eigenvalue weighted by Crippen LogP contribution is -2.07. The van der Waals surface area contributed by atoms with Crippen molar-refractivity contribution in [2.24, 2.45) is 0 Å². The van der Waals surface area contributed by atoms with Crippen LogP contribution in [-0.4, -0.2) is 4.98 Å². The van der Waals surface area contributed by atoms with Gasteiger partial charge >= 0.3 is 6.18 Å². The fourth-order valence-corrected chi connectivity index (χ4v) is 1.32. The largest absolute Gasteiger partial charge is 0.456 e. The van der Waals surface area contributed by atoms with Crippen molar-refractivity contribution in [2.75, 3.05) is 5.73 Å². The summed E-state index contributed by atoms with van der Waals surface area (Å²) in [6, 6.07) is 8.65. The number of benzene rings is 1. The summed E-state index contributed by atoms with van der Waals surface area (Å²) in [5.41, 5.74) is 5.10. The summed E-state index contributed by atoms with van der Waals surface area (Å²) in [4.78, 5) is 3.29. The van der Waals surface area contributed by atoms with Crippen LogP contribution >= 0.6 is 0 Å². The lowest BCUT2D eigenvalue weighted by Gasteiger charge is -2.08. The first kappa shape index (κ1) is 12.2. The molecule has 2 N–H and O–H groups in total. The van der Waals surface area contributed by atoms with Gasteiger partial charge in [-0.15, -0.1) is 0 Å². The lowest BCUT2D eigenvalue weighted by atomic mass is 10.3. The second kappa shape index (κ2) is 4.56. The third kappa shape index (κ3) is 2.91. The molecule has 0 radical (unpaired) electrons. The molecule has 0 aliphatic heterocycles. The molecule has 0 unspecified atom stereocenters. The van der Waals surface area contributed by atoms with Gasteiger partial charge in [0.05, 0.1) is 6.20 Å². The molecule has 1 heterocycles. The second-order valence-electron chi connectivity index (χ2n) is 3.55. The van der Waals surface area contributed by atoms with E-state index in [0.29, 0.717) is 11.4 Å². The van der Waals surface area contributed by atoms with Crippen molar-refractivity contribution in [3.8, 4) is 11.5 Å². The first-order valence-electron chi connectivity index (χ1n) is 5.02. The molecule has 0 bridgehead atoms. The Morgan fingerprint density at radius 2 is 1.83 bits per heavy atom. The van der Waals surface area contributed by atoms with Crippen molar-refractivity contribution in [1.82, 2.24) is 4.98 Å². The smallest absolute Gasteiger partial charge is 0.433 e. The molecule has 0 aliphatic carbocycles. The van der Waals surface area contributed by atoms with Gasteiger partial charge in [-0.05, 0) is 24.3 Å². The number of alkyl halides is 3. The zero-order valence-corrected chi connectivity index (χ0v) is 9.11. The van der Waals surface area contributed by atoms with Crippen LogP contribution in [0.3, 0.4) is 0 Å². The van der Waals surface area contributed by atoms with Crippen molar-refractivity contribution >= 4 is 5.69 Å². The Morgan fingerprint density at radius 1 is 1.06 bits per heavy atom. The molecule has 0 saturated heterocycles. The number of ether oxygens (including phenoxy) is 1. The number of aromatic nitrogens is 1. The second-order valence-corrected chi connectivity index (χ2v) is 3.55. The third-order valence-electron chi connectivity index (χ3n) is 2.12. The van der Waals surface area contributed by atoms with E-state index in [4.69, 9.17) is 10.5 Å². The highest BCUT2D eigenvalue weighted by atomic mass is 19.4. The topological polar surface area (TPSA) is 48.1 Å². The number of nitrogen functional groups attached to an aromatic ring is 1. The number of halogens is 3. The highest BCUT2D eigenvalue weighted by Gasteiger charge is 2.32. The zero-order chi connectivity index (χ0) is 13.2. The number of nitrogens with zero attached hydrogens (tertiary/aromatic N) is 1. The van der Waals surface area contributed by atoms with Crippen LogP contribution in [0, 0.1) is 0 Å². The maximum atomic E-state index is 12.3. The van der Waals surface area contributed by atoms with Gasteiger partial charge in [-0.3, -0.25) is 0 Å². The van der Waals surface area contributed by atoms with Crippen LogP contribution in [0.1, 0.15) is 5.69 Å². The molecule has 6 heteroatoms. The molecular weight excluding hydrogens is 245 g/mol. The van der Waals surface area contributed by atoms with Crippen LogP contribution in [0.15, 0.2) is 42.6 Å². The first-order chi connectivity index (χ1) is 8.45. The zero-order valence-electron chi connectivity index (χ0n) is 9.11. The Hall–Kier alpha value is -2.24. The van der Waals surface area contributed by atoms with E-state index in [0.717, 1.165) is 12.3 Å². The van der Waals surface area contributed by atoms with Gasteiger partial charge in [-0.2, -0.15) is 13.2 Å². The molecule has 18 heavy (non-hydrogen) atoms. The predicted molar refractivity (Wildman–Crippen MR) is 60.2 cm³/mol. The quantitative estimate of drug-likeness (QED) is 0.834. The average Bonchev–Trinajstić information content (AvgIpc) is 2.28. The van der Waals surface area contributed by atoms with Gasteiger partial charge in [-0.25, -0.2) is 4.98 Å². The summed E-state index contributed by atoms with van der Waals surface area (Å²) in [5, 5.41) is 0. The van der Waals surface area contributed by atoms with Crippen molar-refractivity contribution in [3.05, 3.63) is 48.3 Å². The minimum Gasteiger partial charge on any atom is -0.456 e. The van der Waals surface area contributed by atoms with E-state index < -0.39 is 11.9 Å². The first-order valence-corrected chi connectivity index (χ1v) is 5.02. The van der Waals surface area contributed by atoms with Crippen molar-refractivity contribution in [2.45, 2.75) is 6.18 Å². The molecular formula is C12H9F3N2O. The Balaban J connectivity index is 2.16. The molecule has 94 valence electrons. The molecule has 0 atom stereocenters. The molecule has 0 aliphatic rings. The molecule has 0 fully saturated rings. The number of anilines is 1. The van der Waals surface area contributed by atoms with Gasteiger partial charge in [0, 0.05) is 11.8 Å². The molecule has 0 saturated carbocycles. The normalized spacial score (nSPS) is 11.3. The van der Waals surface area contributed by atoms with Crippen LogP contribution in [0.2, 0.25) is 0 Å². The maximum Gasteiger partial charge on any atom is 0.433 e. The van der Waals surface area contributed by atoms with Gasteiger partial charge in [-0.1, -0.05) is 6.07 Å². The van der Waals surface area contributed by atoms with E-state index in [1.807, 2.05) is 0 Å². The van der Waals surface area contributed by atoms with Crippen LogP contribution in [0.5, 0.6) is 11.5 Å². The van der Waals surface area contributed by atoms with E-state index >= 15 is 0 Å². The molecule has 1 aromatic heterocycles. The average molecular weight is 254 g/mol. The minimum absolute atomic E-state index is 0.216. The number of pyridine rings is 1. The van der Waals surface area contributed by atoms with Crippen molar-refractivity contribution < 1.29 is 17.9 Å². The molecule has 1 aromatic carbocycles. The van der Waals surface area contributed by atoms with Gasteiger partial charge in [0.15, 0.2) is 0 Å². The highest BCUT2D eigenvalue weighted by molar-refractivity contribution is 5.44. The Kier molecular flexibility index (Phi) is 3.10. The maximum absolute atomic E-state index is 12.3. The molecule has 2 rings (SSSR count). The SMILES string of the molecule is Nc1cccc(Oc2ccc(C(F)(F)F)nc2)c1. The van der Waals surface area contributed by atoms with Crippen molar-refractivity contribution in [3.63, 3.8) is 0 Å². The molecule has 0 amide bonds. The minimum atomic E-state index is -4.45. The number of hydrogen-bond donors (Lipinski definition) is 1. The summed E-state index contributed by atoms with van der Waals surface area (Å²) in [6.45, 7) is 0. The van der Waals surface area contributed by atoms with E-state index in [-0.39, 0.29) is 5.75 Å². The van der Waals surface area contributed by atoms with Crippen LogP contribution in [0.25, 0.3) is 0 Å². The summed E-state index contributed by atoms with van der Waals surface area (Å²) in [5.74, 6) is 0.658. The third-order valence-corrected chi connectivity index (χ3v) is 2.12. The van der Waals surface area contributed by atoms with Gasteiger partial charge < -0.3 is 10.5 Å². The van der Waals surface area contributed by atoms with Crippen molar-refractivity contribution in [1.29, 1.82) is 0 Å². The van der Waals surface area contributed by atoms with Crippen LogP contribution in [0.4, 0.5) is 18.9 Å². The fourth-order valence-electron chi connectivity index (χ4n) is 1.32. The molecule has 3 nitrogen and oxygen atoms in total. The lowest BCUT2D eigenvalue weighted by molar-refractivity contribution is -0.141. The highest BCUT2D eigenvalue weighted by Crippen LogP contribution is 2.29. The van der Waals surface area contributed by atoms with E-state index in [2.05, 4.69) is 4.98 Å². The monoisotopic (exact) mass is 254 g/mol. The Morgan fingerprint density at radius 3 is 2.39 bits per heavy atom. The summed E-state index contributed by atoms with van der Waals surface area (Å²) in [6.07, 6.45) is -3.43. The molecule has 2 aromatic rings. The number of nitrogens with two attached hydrogens (primary N) is 1. The fraction of sp³-hybridized carbons (Fsp3) is 0.0833. The number of rotatable bonds is 2. The van der Waals surface area contributed by atoms with Gasteiger partial charge in [0.2, 0.25) is 0 Å². The van der Waals surface area contributed by atoms with E-state index in [1.165, 1.54) is 6.07 Å². The van der Waals surface area contributed by atoms with Gasteiger partial charge in [0.25, 0.3) is 0 Å². The summed E-state index contributed by atoms with van der Waals surface area (Å²) in [7, 11) is 0. The Labute approximate surface area is 101 Å². The summed E-state index contributed by atoms with van der Waals surface area (Å²) >= 11 is 0. The van der Waals surface area contributed by atoms with Crippen LogP contribution < -0.4 is 10.5 Å².